The van der Waals surface area contributed by atoms with Crippen molar-refractivity contribution in [2.45, 2.75) is 25.6 Å². The molecule has 0 spiro atoms. The van der Waals surface area contributed by atoms with Gasteiger partial charge >= 0.3 is 0 Å². The molecule has 5 nitrogen and oxygen atoms in total. The molecule has 1 N–H and O–H groups in total. The number of rotatable bonds is 4. The van der Waals surface area contributed by atoms with Crippen LogP contribution >= 0.6 is 0 Å². The molecule has 0 aliphatic carbocycles. The minimum atomic E-state index is -0.110. The van der Waals surface area contributed by atoms with E-state index in [9.17, 15) is 5.11 Å². The van der Waals surface area contributed by atoms with Crippen LogP contribution in [0.5, 0.6) is 0 Å². The van der Waals surface area contributed by atoms with Gasteiger partial charge in [0.15, 0.2) is 0 Å². The Morgan fingerprint density at radius 3 is 2.90 bits per heavy atom. The van der Waals surface area contributed by atoms with Crippen molar-refractivity contribution in [3.63, 3.8) is 0 Å². The molecule has 3 rings (SSSR count). The number of ether oxygens (including phenoxy) is 1. The number of hydrogen-bond acceptors (Lipinski definition) is 5. The fourth-order valence-electron chi connectivity index (χ4n) is 2.51. The third-order valence-corrected chi connectivity index (χ3v) is 3.78. The molecule has 0 amide bonds. The summed E-state index contributed by atoms with van der Waals surface area (Å²) in [5, 5.41) is 9.23. The summed E-state index contributed by atoms with van der Waals surface area (Å²) in [7, 11) is 0. The number of hydrogen-bond donors (Lipinski definition) is 1. The summed E-state index contributed by atoms with van der Waals surface area (Å²) in [4.78, 5) is 6.81. The second kappa shape index (κ2) is 6.39. The first kappa shape index (κ1) is 14.3. The van der Waals surface area contributed by atoms with Gasteiger partial charge in [-0.15, -0.1) is 0 Å². The lowest BCUT2D eigenvalue weighted by Gasteiger charge is -2.36. The van der Waals surface area contributed by atoms with Crippen LogP contribution in [0.4, 0.5) is 0 Å². The monoisotopic (exact) mass is 288 g/mol. The van der Waals surface area contributed by atoms with Crippen LogP contribution in [-0.2, 0) is 11.3 Å². The lowest BCUT2D eigenvalue weighted by molar-refractivity contribution is -0.0808. The van der Waals surface area contributed by atoms with Gasteiger partial charge in [-0.25, -0.2) is 4.98 Å². The third kappa shape index (κ3) is 3.32. The molecule has 1 aromatic heterocycles. The van der Waals surface area contributed by atoms with Gasteiger partial charge in [0.1, 0.15) is 6.26 Å². The van der Waals surface area contributed by atoms with E-state index in [-0.39, 0.29) is 12.7 Å². The number of oxazole rings is 1. The molecule has 1 aliphatic heterocycles. The molecule has 1 fully saturated rings. The summed E-state index contributed by atoms with van der Waals surface area (Å²) in [5.74, 6) is 0.644. The highest BCUT2D eigenvalue weighted by atomic mass is 16.5. The quantitative estimate of drug-likeness (QED) is 0.931. The average molecular weight is 288 g/mol. The summed E-state index contributed by atoms with van der Waals surface area (Å²) in [6, 6.07) is 10.2. The lowest BCUT2D eigenvalue weighted by atomic mass is 10.2. The molecule has 2 unspecified atom stereocenters. The largest absolute Gasteiger partial charge is 0.444 e. The fraction of sp³-hybridized carbons (Fsp3) is 0.438. The van der Waals surface area contributed by atoms with Crippen molar-refractivity contribution in [3.05, 3.63) is 42.3 Å². The van der Waals surface area contributed by atoms with Crippen molar-refractivity contribution in [2.75, 3.05) is 19.8 Å². The standard InChI is InChI=1S/C16H20N2O3/c1-12-10-20-15(9-19)8-18(12)7-14-11-21-16(17-14)13-5-3-2-4-6-13/h2-6,11-12,15,19H,7-10H2,1H3. The molecule has 21 heavy (non-hydrogen) atoms. The summed E-state index contributed by atoms with van der Waals surface area (Å²) < 4.78 is 11.1. The molecule has 0 bridgehead atoms. The third-order valence-electron chi connectivity index (χ3n) is 3.78. The van der Waals surface area contributed by atoms with Gasteiger partial charge in [-0.1, -0.05) is 18.2 Å². The summed E-state index contributed by atoms with van der Waals surface area (Å²) >= 11 is 0. The first-order valence-electron chi connectivity index (χ1n) is 7.22. The lowest BCUT2D eigenvalue weighted by Crippen LogP contribution is -2.48. The van der Waals surface area contributed by atoms with E-state index >= 15 is 0 Å². The van der Waals surface area contributed by atoms with Crippen molar-refractivity contribution in [1.82, 2.24) is 9.88 Å². The Morgan fingerprint density at radius 2 is 2.14 bits per heavy atom. The molecule has 1 saturated heterocycles. The van der Waals surface area contributed by atoms with Crippen molar-refractivity contribution >= 4 is 0 Å². The fourth-order valence-corrected chi connectivity index (χ4v) is 2.51. The predicted molar refractivity (Wildman–Crippen MR) is 78.6 cm³/mol. The molecule has 2 atom stereocenters. The second-order valence-electron chi connectivity index (χ2n) is 5.43. The first-order chi connectivity index (χ1) is 10.3. The molecule has 2 heterocycles. The number of aromatic nitrogens is 1. The molecular weight excluding hydrogens is 268 g/mol. The SMILES string of the molecule is CC1COC(CO)CN1Cc1coc(-c2ccccc2)n1. The highest BCUT2D eigenvalue weighted by molar-refractivity contribution is 5.52. The van der Waals surface area contributed by atoms with Gasteiger partial charge in [0.25, 0.3) is 0 Å². The van der Waals surface area contributed by atoms with E-state index in [1.807, 2.05) is 30.3 Å². The molecule has 2 aromatic rings. The molecular formula is C16H20N2O3. The molecule has 0 radical (unpaired) electrons. The topological polar surface area (TPSA) is 58.7 Å². The summed E-state index contributed by atoms with van der Waals surface area (Å²) in [5.41, 5.74) is 1.88. The van der Waals surface area contributed by atoms with E-state index in [4.69, 9.17) is 9.15 Å². The maximum atomic E-state index is 9.23. The van der Waals surface area contributed by atoms with E-state index in [1.54, 1.807) is 6.26 Å². The predicted octanol–water partition coefficient (Wildman–Crippen LogP) is 1.92. The Labute approximate surface area is 124 Å². The van der Waals surface area contributed by atoms with Crippen LogP contribution in [0.1, 0.15) is 12.6 Å². The zero-order valence-electron chi connectivity index (χ0n) is 12.1. The normalized spacial score (nSPS) is 23.3. The van der Waals surface area contributed by atoms with Crippen molar-refractivity contribution < 1.29 is 14.3 Å². The average Bonchev–Trinajstić information content (AvgIpc) is 2.99. The van der Waals surface area contributed by atoms with Gasteiger partial charge in [-0.05, 0) is 19.1 Å². The number of aliphatic hydroxyl groups is 1. The van der Waals surface area contributed by atoms with Gasteiger partial charge in [-0.2, -0.15) is 0 Å². The van der Waals surface area contributed by atoms with Crippen molar-refractivity contribution in [2.24, 2.45) is 0 Å². The van der Waals surface area contributed by atoms with E-state index in [1.165, 1.54) is 0 Å². The number of nitrogens with zero attached hydrogens (tertiary/aromatic N) is 2. The van der Waals surface area contributed by atoms with Crippen LogP contribution in [0, 0.1) is 0 Å². The highest BCUT2D eigenvalue weighted by Gasteiger charge is 2.26. The van der Waals surface area contributed by atoms with Gasteiger partial charge in [0.05, 0.1) is 25.0 Å². The van der Waals surface area contributed by atoms with Crippen molar-refractivity contribution in [3.8, 4) is 11.5 Å². The van der Waals surface area contributed by atoms with Crippen LogP contribution in [0.3, 0.4) is 0 Å². The van der Waals surface area contributed by atoms with E-state index in [0.717, 1.165) is 11.3 Å². The van der Waals surface area contributed by atoms with Crippen molar-refractivity contribution in [1.29, 1.82) is 0 Å². The highest BCUT2D eigenvalue weighted by Crippen LogP contribution is 2.20. The zero-order valence-corrected chi connectivity index (χ0v) is 12.1. The minimum Gasteiger partial charge on any atom is -0.444 e. The van der Waals surface area contributed by atoms with Crippen LogP contribution in [0.15, 0.2) is 41.0 Å². The molecule has 1 aliphatic rings. The summed E-state index contributed by atoms with van der Waals surface area (Å²) in [6.45, 7) is 4.22. The minimum absolute atomic E-state index is 0.0529. The second-order valence-corrected chi connectivity index (χ2v) is 5.43. The van der Waals surface area contributed by atoms with Crippen LogP contribution in [0.2, 0.25) is 0 Å². The van der Waals surface area contributed by atoms with E-state index < -0.39 is 0 Å². The van der Waals surface area contributed by atoms with Gasteiger partial charge < -0.3 is 14.3 Å². The number of morpholine rings is 1. The van der Waals surface area contributed by atoms with Gasteiger partial charge in [0.2, 0.25) is 5.89 Å². The molecule has 1 aromatic carbocycles. The maximum absolute atomic E-state index is 9.23. The van der Waals surface area contributed by atoms with Crippen LogP contribution in [0.25, 0.3) is 11.5 Å². The Hall–Kier alpha value is -1.69. The number of benzene rings is 1. The Balaban J connectivity index is 1.69. The molecule has 112 valence electrons. The van der Waals surface area contributed by atoms with Gasteiger partial charge in [0, 0.05) is 24.7 Å². The smallest absolute Gasteiger partial charge is 0.226 e. The molecule has 5 heteroatoms. The van der Waals surface area contributed by atoms with Crippen LogP contribution in [-0.4, -0.2) is 46.9 Å². The summed E-state index contributed by atoms with van der Waals surface area (Å²) in [6.07, 6.45) is 1.60. The maximum Gasteiger partial charge on any atom is 0.226 e. The van der Waals surface area contributed by atoms with Gasteiger partial charge in [-0.3, -0.25) is 4.90 Å². The van der Waals surface area contributed by atoms with Crippen LogP contribution < -0.4 is 0 Å². The van der Waals surface area contributed by atoms with E-state index in [0.29, 0.717) is 31.6 Å². The van der Waals surface area contributed by atoms with E-state index in [2.05, 4.69) is 16.8 Å². The first-order valence-corrected chi connectivity index (χ1v) is 7.22. The Bertz CT molecular complexity index is 570. The Morgan fingerprint density at radius 1 is 1.33 bits per heavy atom. The number of aliphatic hydroxyl groups excluding tert-OH is 1. The zero-order chi connectivity index (χ0) is 14.7. The Kier molecular flexibility index (Phi) is 4.34. The molecule has 0 saturated carbocycles.